The summed E-state index contributed by atoms with van der Waals surface area (Å²) in [7, 11) is 0. The molecule has 0 amide bonds. The number of fused-ring (bicyclic) bond motifs is 1. The van der Waals surface area contributed by atoms with Crippen molar-refractivity contribution >= 4 is 11.6 Å². The van der Waals surface area contributed by atoms with E-state index in [4.69, 9.17) is 4.74 Å². The van der Waals surface area contributed by atoms with Crippen LogP contribution in [0.4, 0.5) is 4.39 Å². The van der Waals surface area contributed by atoms with Gasteiger partial charge in [0, 0.05) is 12.0 Å². The average molecular weight is 284 g/mol. The summed E-state index contributed by atoms with van der Waals surface area (Å²) in [6.07, 6.45) is 0.0683. The second-order valence-corrected chi connectivity index (χ2v) is 5.00. The second kappa shape index (κ2) is 5.48. The topological polar surface area (TPSA) is 43.4 Å². The number of Topliss-reactive ketones (excluding diaryl/α,β-unsaturated/α-hetero) is 2. The summed E-state index contributed by atoms with van der Waals surface area (Å²) in [6, 6.07) is 12.3. The van der Waals surface area contributed by atoms with Crippen molar-refractivity contribution in [3.05, 3.63) is 65.5 Å². The summed E-state index contributed by atoms with van der Waals surface area (Å²) in [5.41, 5.74) is 0.920. The lowest BCUT2D eigenvalue weighted by Gasteiger charge is -2.23. The van der Waals surface area contributed by atoms with Gasteiger partial charge in [0.25, 0.3) is 0 Å². The lowest BCUT2D eigenvalue weighted by atomic mass is 9.89. The molecule has 21 heavy (non-hydrogen) atoms. The van der Waals surface area contributed by atoms with Gasteiger partial charge >= 0.3 is 0 Å². The number of ether oxygens (including phenoxy) is 1. The summed E-state index contributed by atoms with van der Waals surface area (Å²) < 4.78 is 18.4. The van der Waals surface area contributed by atoms with Crippen molar-refractivity contribution in [2.75, 3.05) is 6.61 Å². The minimum absolute atomic E-state index is 0.0683. The van der Waals surface area contributed by atoms with Crippen molar-refractivity contribution in [2.24, 2.45) is 5.92 Å². The number of para-hydroxylation sites is 1. The van der Waals surface area contributed by atoms with Crippen LogP contribution in [0.2, 0.25) is 0 Å². The monoisotopic (exact) mass is 284 g/mol. The molecule has 0 aliphatic carbocycles. The zero-order valence-corrected chi connectivity index (χ0v) is 11.2. The van der Waals surface area contributed by atoms with Gasteiger partial charge in [-0.25, -0.2) is 4.39 Å². The highest BCUT2D eigenvalue weighted by Crippen LogP contribution is 2.29. The smallest absolute Gasteiger partial charge is 0.173 e. The minimum Gasteiger partial charge on any atom is -0.492 e. The zero-order valence-electron chi connectivity index (χ0n) is 11.2. The number of benzene rings is 2. The molecule has 0 saturated heterocycles. The summed E-state index contributed by atoms with van der Waals surface area (Å²) in [4.78, 5) is 24.5. The maximum absolute atomic E-state index is 12.9. The molecule has 1 aliphatic rings. The van der Waals surface area contributed by atoms with Crippen molar-refractivity contribution in [2.45, 2.75) is 6.42 Å². The van der Waals surface area contributed by atoms with Crippen LogP contribution in [-0.4, -0.2) is 18.2 Å². The van der Waals surface area contributed by atoms with E-state index in [1.807, 2.05) is 0 Å². The van der Waals surface area contributed by atoms with Gasteiger partial charge in [-0.05, 0) is 36.4 Å². The van der Waals surface area contributed by atoms with Gasteiger partial charge in [0.2, 0.25) is 0 Å². The predicted octanol–water partition coefficient (Wildman–Crippen LogP) is 3.29. The molecule has 0 spiro atoms. The van der Waals surface area contributed by atoms with E-state index in [9.17, 15) is 14.0 Å². The third kappa shape index (κ3) is 2.70. The van der Waals surface area contributed by atoms with Crippen molar-refractivity contribution in [1.29, 1.82) is 0 Å². The Labute approximate surface area is 121 Å². The largest absolute Gasteiger partial charge is 0.492 e. The number of carbonyl (C=O) groups excluding carboxylic acids is 2. The van der Waals surface area contributed by atoms with Crippen LogP contribution in [0.5, 0.6) is 5.75 Å². The van der Waals surface area contributed by atoms with Crippen LogP contribution in [0.25, 0.3) is 0 Å². The highest BCUT2D eigenvalue weighted by Gasteiger charge is 2.30. The van der Waals surface area contributed by atoms with Crippen LogP contribution in [0, 0.1) is 11.7 Å². The molecular weight excluding hydrogens is 271 g/mol. The first-order chi connectivity index (χ1) is 10.1. The van der Waals surface area contributed by atoms with Crippen LogP contribution in [0.3, 0.4) is 0 Å². The fourth-order valence-electron chi connectivity index (χ4n) is 2.41. The molecule has 1 atom stereocenters. The number of rotatable bonds is 3. The van der Waals surface area contributed by atoms with Gasteiger partial charge in [-0.1, -0.05) is 12.1 Å². The third-order valence-electron chi connectivity index (χ3n) is 3.56. The Kier molecular flexibility index (Phi) is 3.52. The molecule has 0 aromatic heterocycles. The molecule has 4 heteroatoms. The SMILES string of the molecule is O=C(CC1COc2ccccc2C1=O)c1ccc(F)cc1. The van der Waals surface area contributed by atoms with E-state index in [0.29, 0.717) is 16.9 Å². The molecule has 0 fully saturated rings. The number of halogens is 1. The molecule has 0 saturated carbocycles. The molecule has 0 bridgehead atoms. The van der Waals surface area contributed by atoms with Crippen LogP contribution in [-0.2, 0) is 0 Å². The first-order valence-corrected chi connectivity index (χ1v) is 6.70. The first-order valence-electron chi connectivity index (χ1n) is 6.70. The molecule has 106 valence electrons. The quantitative estimate of drug-likeness (QED) is 0.812. The standard InChI is InChI=1S/C17H13FO3/c18-13-7-5-11(6-8-13)15(19)9-12-10-21-16-4-2-1-3-14(16)17(12)20/h1-8,12H,9-10H2. The molecule has 3 nitrogen and oxygen atoms in total. The molecular formula is C17H13FO3. The maximum atomic E-state index is 12.9. The van der Waals surface area contributed by atoms with E-state index in [0.717, 1.165) is 0 Å². The van der Waals surface area contributed by atoms with Crippen molar-refractivity contribution < 1.29 is 18.7 Å². The zero-order chi connectivity index (χ0) is 14.8. The van der Waals surface area contributed by atoms with E-state index in [1.165, 1.54) is 24.3 Å². The highest BCUT2D eigenvalue weighted by molar-refractivity contribution is 6.05. The maximum Gasteiger partial charge on any atom is 0.173 e. The Morgan fingerprint density at radius 2 is 1.86 bits per heavy atom. The van der Waals surface area contributed by atoms with E-state index < -0.39 is 11.7 Å². The molecule has 2 aromatic rings. The van der Waals surface area contributed by atoms with Gasteiger partial charge in [0.1, 0.15) is 11.6 Å². The molecule has 3 rings (SSSR count). The number of ketones is 2. The number of carbonyl (C=O) groups is 2. The van der Waals surface area contributed by atoms with E-state index in [-0.39, 0.29) is 24.6 Å². The Morgan fingerprint density at radius 1 is 1.14 bits per heavy atom. The van der Waals surface area contributed by atoms with Gasteiger partial charge in [0.05, 0.1) is 18.1 Å². The minimum atomic E-state index is -0.488. The fraction of sp³-hybridized carbons (Fsp3) is 0.176. The van der Waals surface area contributed by atoms with Crippen molar-refractivity contribution in [3.8, 4) is 5.75 Å². The Bertz CT molecular complexity index is 691. The molecule has 0 radical (unpaired) electrons. The van der Waals surface area contributed by atoms with Crippen molar-refractivity contribution in [1.82, 2.24) is 0 Å². The molecule has 1 heterocycles. The van der Waals surface area contributed by atoms with Gasteiger partial charge in [-0.3, -0.25) is 9.59 Å². The number of hydrogen-bond acceptors (Lipinski definition) is 3. The summed E-state index contributed by atoms with van der Waals surface area (Å²) >= 11 is 0. The van der Waals surface area contributed by atoms with Crippen LogP contribution in [0.15, 0.2) is 48.5 Å². The molecule has 1 aliphatic heterocycles. The summed E-state index contributed by atoms with van der Waals surface area (Å²) in [5, 5.41) is 0. The second-order valence-electron chi connectivity index (χ2n) is 5.00. The van der Waals surface area contributed by atoms with Gasteiger partial charge in [-0.2, -0.15) is 0 Å². The van der Waals surface area contributed by atoms with Crippen LogP contribution >= 0.6 is 0 Å². The average Bonchev–Trinajstić information content (AvgIpc) is 2.51. The van der Waals surface area contributed by atoms with Crippen molar-refractivity contribution in [3.63, 3.8) is 0 Å². The van der Waals surface area contributed by atoms with E-state index in [1.54, 1.807) is 24.3 Å². The van der Waals surface area contributed by atoms with E-state index in [2.05, 4.69) is 0 Å². The van der Waals surface area contributed by atoms with Gasteiger partial charge in [0.15, 0.2) is 11.6 Å². The van der Waals surface area contributed by atoms with Gasteiger partial charge < -0.3 is 4.74 Å². The molecule has 2 aromatic carbocycles. The molecule has 0 N–H and O–H groups in total. The normalized spacial score (nSPS) is 17.0. The summed E-state index contributed by atoms with van der Waals surface area (Å²) in [6.45, 7) is 0.197. The Balaban J connectivity index is 1.76. The summed E-state index contributed by atoms with van der Waals surface area (Å²) in [5.74, 6) is -0.577. The molecule has 1 unspecified atom stereocenters. The lowest BCUT2D eigenvalue weighted by molar-refractivity contribution is 0.0768. The first kappa shape index (κ1) is 13.5. The fourth-order valence-corrected chi connectivity index (χ4v) is 2.41. The van der Waals surface area contributed by atoms with E-state index >= 15 is 0 Å². The van der Waals surface area contributed by atoms with Crippen LogP contribution in [0.1, 0.15) is 27.1 Å². The van der Waals surface area contributed by atoms with Crippen LogP contribution < -0.4 is 4.74 Å². The Hall–Kier alpha value is -2.49. The third-order valence-corrected chi connectivity index (χ3v) is 3.56. The number of hydrogen-bond donors (Lipinski definition) is 0. The predicted molar refractivity (Wildman–Crippen MR) is 75.1 cm³/mol. The lowest BCUT2D eigenvalue weighted by Crippen LogP contribution is -2.29. The van der Waals surface area contributed by atoms with Gasteiger partial charge in [-0.15, -0.1) is 0 Å². The highest BCUT2D eigenvalue weighted by atomic mass is 19.1. The Morgan fingerprint density at radius 3 is 2.62 bits per heavy atom.